The molecule has 2 bridgehead atoms. The molecule has 0 spiro atoms. The van der Waals surface area contributed by atoms with Gasteiger partial charge in [-0.1, -0.05) is 11.8 Å². The maximum absolute atomic E-state index is 12.0. The van der Waals surface area contributed by atoms with Crippen molar-refractivity contribution in [3.8, 4) is 0 Å². The van der Waals surface area contributed by atoms with Gasteiger partial charge in [0.1, 0.15) is 0 Å². The zero-order valence-electron chi connectivity index (χ0n) is 9.38. The SMILES string of the molecule is CSc1nsc(NC(=O)[C@@H]2C[C@H]3CC[C@@H]2O3)n1. The lowest BCUT2D eigenvalue weighted by atomic mass is 9.89. The Morgan fingerprint density at radius 1 is 1.59 bits per heavy atom. The van der Waals surface area contributed by atoms with Crippen molar-refractivity contribution in [2.75, 3.05) is 11.6 Å². The van der Waals surface area contributed by atoms with E-state index in [1.165, 1.54) is 23.3 Å². The van der Waals surface area contributed by atoms with Gasteiger partial charge < -0.3 is 10.1 Å². The average Bonchev–Trinajstić information content (AvgIpc) is 3.04. The van der Waals surface area contributed by atoms with Gasteiger partial charge in [-0.3, -0.25) is 4.79 Å². The number of anilines is 1. The summed E-state index contributed by atoms with van der Waals surface area (Å²) in [6.07, 6.45) is 5.29. The molecule has 5 nitrogen and oxygen atoms in total. The molecule has 3 rings (SSSR count). The normalized spacial score (nSPS) is 30.8. The van der Waals surface area contributed by atoms with E-state index in [0.29, 0.717) is 16.4 Å². The lowest BCUT2D eigenvalue weighted by molar-refractivity contribution is -0.121. The van der Waals surface area contributed by atoms with E-state index >= 15 is 0 Å². The van der Waals surface area contributed by atoms with Gasteiger partial charge in [0, 0.05) is 11.5 Å². The fourth-order valence-electron chi connectivity index (χ4n) is 2.46. The topological polar surface area (TPSA) is 64.1 Å². The standard InChI is InChI=1S/C10H13N3O2S2/c1-16-10-12-9(17-13-10)11-8(14)6-4-5-2-3-7(6)15-5/h5-7H,2-4H2,1H3,(H,11,12,13,14)/t5-,6-,7+/m1/s1. The van der Waals surface area contributed by atoms with E-state index in [2.05, 4.69) is 14.7 Å². The van der Waals surface area contributed by atoms with E-state index in [9.17, 15) is 4.79 Å². The molecule has 3 atom stereocenters. The van der Waals surface area contributed by atoms with Gasteiger partial charge in [-0.05, 0) is 25.5 Å². The predicted molar refractivity (Wildman–Crippen MR) is 66.3 cm³/mol. The Labute approximate surface area is 108 Å². The molecule has 7 heteroatoms. The van der Waals surface area contributed by atoms with Crippen LogP contribution in [0.5, 0.6) is 0 Å². The largest absolute Gasteiger partial charge is 0.374 e. The Bertz CT molecular complexity index is 437. The molecule has 3 heterocycles. The number of nitrogens with zero attached hydrogens (tertiary/aromatic N) is 2. The minimum Gasteiger partial charge on any atom is -0.374 e. The van der Waals surface area contributed by atoms with E-state index < -0.39 is 0 Å². The van der Waals surface area contributed by atoms with Crippen LogP contribution in [0.15, 0.2) is 5.16 Å². The number of hydrogen-bond donors (Lipinski definition) is 1. The molecule has 2 fully saturated rings. The van der Waals surface area contributed by atoms with Gasteiger partial charge in [-0.25, -0.2) is 0 Å². The van der Waals surface area contributed by atoms with Crippen LogP contribution in [0.25, 0.3) is 0 Å². The number of rotatable bonds is 3. The summed E-state index contributed by atoms with van der Waals surface area (Å²) < 4.78 is 9.78. The summed E-state index contributed by atoms with van der Waals surface area (Å²) in [5, 5.41) is 4.12. The van der Waals surface area contributed by atoms with E-state index in [4.69, 9.17) is 4.74 Å². The number of aromatic nitrogens is 2. The number of carbonyl (C=O) groups excluding carboxylic acids is 1. The third-order valence-electron chi connectivity index (χ3n) is 3.26. The zero-order chi connectivity index (χ0) is 11.8. The lowest BCUT2D eigenvalue weighted by Gasteiger charge is -2.16. The van der Waals surface area contributed by atoms with Crippen LogP contribution >= 0.6 is 23.3 Å². The van der Waals surface area contributed by atoms with Gasteiger partial charge in [0.2, 0.25) is 16.2 Å². The van der Waals surface area contributed by atoms with Crippen LogP contribution in [0.1, 0.15) is 19.3 Å². The Morgan fingerprint density at radius 2 is 2.47 bits per heavy atom. The van der Waals surface area contributed by atoms with E-state index in [0.717, 1.165) is 19.3 Å². The van der Waals surface area contributed by atoms with Crippen LogP contribution in [0.4, 0.5) is 5.13 Å². The van der Waals surface area contributed by atoms with Gasteiger partial charge in [-0.15, -0.1) is 0 Å². The van der Waals surface area contributed by atoms with Crippen molar-refractivity contribution in [3.63, 3.8) is 0 Å². The fourth-order valence-corrected chi connectivity index (χ4v) is 3.58. The van der Waals surface area contributed by atoms with Gasteiger partial charge in [-0.2, -0.15) is 9.36 Å². The number of hydrogen-bond acceptors (Lipinski definition) is 6. The van der Waals surface area contributed by atoms with Crippen molar-refractivity contribution in [1.29, 1.82) is 0 Å². The number of nitrogens with one attached hydrogen (secondary N) is 1. The third kappa shape index (κ3) is 2.19. The van der Waals surface area contributed by atoms with Crippen LogP contribution in [-0.2, 0) is 9.53 Å². The van der Waals surface area contributed by atoms with Crippen LogP contribution in [-0.4, -0.2) is 33.7 Å². The average molecular weight is 271 g/mol. The minimum absolute atomic E-state index is 0.00428. The summed E-state index contributed by atoms with van der Waals surface area (Å²) in [6, 6.07) is 0. The lowest BCUT2D eigenvalue weighted by Crippen LogP contribution is -2.30. The second-order valence-electron chi connectivity index (χ2n) is 4.29. The molecular formula is C10H13N3O2S2. The molecule has 1 amide bonds. The Hall–Kier alpha value is -0.660. The first-order valence-electron chi connectivity index (χ1n) is 5.60. The second-order valence-corrected chi connectivity index (χ2v) is 5.82. The molecule has 0 aromatic carbocycles. The van der Waals surface area contributed by atoms with Crippen molar-refractivity contribution in [3.05, 3.63) is 0 Å². The van der Waals surface area contributed by atoms with Crippen LogP contribution < -0.4 is 5.32 Å². The Morgan fingerprint density at radius 3 is 3.06 bits per heavy atom. The first-order valence-corrected chi connectivity index (χ1v) is 7.60. The van der Waals surface area contributed by atoms with Crippen molar-refractivity contribution in [2.45, 2.75) is 36.6 Å². The number of amides is 1. The molecule has 0 aliphatic carbocycles. The van der Waals surface area contributed by atoms with Gasteiger partial charge in [0.05, 0.1) is 18.1 Å². The van der Waals surface area contributed by atoms with Crippen molar-refractivity contribution < 1.29 is 9.53 Å². The molecule has 0 saturated carbocycles. The van der Waals surface area contributed by atoms with Crippen molar-refractivity contribution in [1.82, 2.24) is 9.36 Å². The van der Waals surface area contributed by atoms with Gasteiger partial charge in [0.25, 0.3) is 0 Å². The highest BCUT2D eigenvalue weighted by Gasteiger charge is 2.44. The Balaban J connectivity index is 1.63. The minimum atomic E-state index is -0.00428. The molecule has 2 aliphatic rings. The van der Waals surface area contributed by atoms with Gasteiger partial charge in [0.15, 0.2) is 0 Å². The van der Waals surface area contributed by atoms with E-state index in [1.807, 2.05) is 6.26 Å². The smallest absolute Gasteiger partial charge is 0.232 e. The summed E-state index contributed by atoms with van der Waals surface area (Å²) in [6.45, 7) is 0. The molecular weight excluding hydrogens is 258 g/mol. The third-order valence-corrected chi connectivity index (χ3v) is 4.56. The summed E-state index contributed by atoms with van der Waals surface area (Å²) >= 11 is 2.70. The Kier molecular flexibility index (Phi) is 3.06. The zero-order valence-corrected chi connectivity index (χ0v) is 11.0. The molecule has 17 heavy (non-hydrogen) atoms. The van der Waals surface area contributed by atoms with Crippen molar-refractivity contribution in [2.24, 2.45) is 5.92 Å². The summed E-state index contributed by atoms with van der Waals surface area (Å²) in [5.41, 5.74) is 0. The number of fused-ring (bicyclic) bond motifs is 2. The molecule has 2 saturated heterocycles. The van der Waals surface area contributed by atoms with Gasteiger partial charge >= 0.3 is 0 Å². The fraction of sp³-hybridized carbons (Fsp3) is 0.700. The molecule has 1 aromatic rings. The monoisotopic (exact) mass is 271 g/mol. The molecule has 1 aromatic heterocycles. The summed E-state index contributed by atoms with van der Waals surface area (Å²) in [5.74, 6) is 0.0244. The molecule has 92 valence electrons. The van der Waals surface area contributed by atoms with Crippen LogP contribution in [0.2, 0.25) is 0 Å². The van der Waals surface area contributed by atoms with Crippen LogP contribution in [0, 0.1) is 5.92 Å². The number of ether oxygens (including phenoxy) is 1. The highest BCUT2D eigenvalue weighted by atomic mass is 32.2. The maximum Gasteiger partial charge on any atom is 0.232 e. The van der Waals surface area contributed by atoms with Crippen molar-refractivity contribution >= 4 is 34.3 Å². The number of thioether (sulfide) groups is 1. The number of carbonyl (C=O) groups is 1. The molecule has 0 unspecified atom stereocenters. The molecule has 2 aliphatic heterocycles. The highest BCUT2D eigenvalue weighted by Crippen LogP contribution is 2.39. The maximum atomic E-state index is 12.0. The first kappa shape index (κ1) is 11.4. The predicted octanol–water partition coefficient (Wildman–Crippen LogP) is 1.77. The molecule has 0 radical (unpaired) electrons. The van der Waals surface area contributed by atoms with E-state index in [-0.39, 0.29) is 17.9 Å². The van der Waals surface area contributed by atoms with E-state index in [1.54, 1.807) is 0 Å². The quantitative estimate of drug-likeness (QED) is 0.849. The highest BCUT2D eigenvalue weighted by molar-refractivity contribution is 7.98. The summed E-state index contributed by atoms with van der Waals surface area (Å²) in [4.78, 5) is 16.2. The summed E-state index contributed by atoms with van der Waals surface area (Å²) in [7, 11) is 0. The van der Waals surface area contributed by atoms with Crippen LogP contribution in [0.3, 0.4) is 0 Å². The first-order chi connectivity index (χ1) is 8.26. The second kappa shape index (κ2) is 4.55. The molecule has 1 N–H and O–H groups in total.